The van der Waals surface area contributed by atoms with Gasteiger partial charge in [-0.25, -0.2) is 4.98 Å². The van der Waals surface area contributed by atoms with Crippen molar-refractivity contribution in [1.82, 2.24) is 10.3 Å². The van der Waals surface area contributed by atoms with Crippen LogP contribution in [0, 0.1) is 18.8 Å². The first-order chi connectivity index (χ1) is 7.25. The summed E-state index contributed by atoms with van der Waals surface area (Å²) in [6, 6.07) is 2.13. The number of halogens is 1. The summed E-state index contributed by atoms with van der Waals surface area (Å²) in [4.78, 5) is 4.20. The van der Waals surface area contributed by atoms with E-state index in [1.54, 1.807) is 0 Å². The van der Waals surface area contributed by atoms with Gasteiger partial charge in [0.2, 0.25) is 0 Å². The van der Waals surface area contributed by atoms with Gasteiger partial charge in [0.15, 0.2) is 0 Å². The minimum atomic E-state index is 0.611. The van der Waals surface area contributed by atoms with Crippen molar-refractivity contribution in [2.45, 2.75) is 6.92 Å². The summed E-state index contributed by atoms with van der Waals surface area (Å²) in [6.07, 6.45) is 4.24. The van der Waals surface area contributed by atoms with E-state index in [1.165, 1.54) is 11.1 Å². The Morgan fingerprint density at radius 1 is 1.47 bits per heavy atom. The first kappa shape index (κ1) is 9.37. The highest BCUT2D eigenvalue weighted by Gasteiger charge is 2.36. The highest BCUT2D eigenvalue weighted by atomic mass is 35.5. The molecule has 1 saturated heterocycles. The molecular weight excluding hydrogens is 208 g/mol. The molecule has 0 spiro atoms. The van der Waals surface area contributed by atoms with Gasteiger partial charge in [-0.05, 0) is 35.6 Å². The van der Waals surface area contributed by atoms with Gasteiger partial charge in [0.25, 0.3) is 0 Å². The monoisotopic (exact) mass is 220 g/mol. The molecule has 1 N–H and O–H groups in total. The molecule has 2 nitrogen and oxygen atoms in total. The van der Waals surface area contributed by atoms with Gasteiger partial charge < -0.3 is 5.32 Å². The van der Waals surface area contributed by atoms with Crippen molar-refractivity contribution in [3.05, 3.63) is 34.6 Å². The van der Waals surface area contributed by atoms with E-state index in [9.17, 15) is 0 Å². The fourth-order valence-electron chi connectivity index (χ4n) is 2.48. The average Bonchev–Trinajstić information content (AvgIpc) is 2.54. The lowest BCUT2D eigenvalue weighted by Crippen LogP contribution is -2.22. The van der Waals surface area contributed by atoms with Crippen molar-refractivity contribution in [3.8, 4) is 0 Å². The van der Waals surface area contributed by atoms with Gasteiger partial charge in [0, 0.05) is 25.2 Å². The molecule has 3 rings (SSSR count). The normalized spacial score (nSPS) is 28.3. The second kappa shape index (κ2) is 3.32. The number of aryl methyl sites for hydroxylation is 1. The zero-order valence-electron chi connectivity index (χ0n) is 8.63. The van der Waals surface area contributed by atoms with Crippen LogP contribution in [-0.2, 0) is 0 Å². The highest BCUT2D eigenvalue weighted by Crippen LogP contribution is 2.42. The van der Waals surface area contributed by atoms with E-state index in [2.05, 4.69) is 22.4 Å². The molecule has 2 heterocycles. The van der Waals surface area contributed by atoms with Crippen LogP contribution in [0.3, 0.4) is 0 Å². The Morgan fingerprint density at radius 2 is 2.33 bits per heavy atom. The third-order valence-corrected chi connectivity index (χ3v) is 3.80. The van der Waals surface area contributed by atoms with Crippen LogP contribution in [0.15, 0.2) is 18.3 Å². The van der Waals surface area contributed by atoms with Crippen LogP contribution < -0.4 is 5.32 Å². The molecule has 1 aliphatic carbocycles. The van der Waals surface area contributed by atoms with Crippen molar-refractivity contribution in [2.24, 2.45) is 11.8 Å². The summed E-state index contributed by atoms with van der Waals surface area (Å²) in [7, 11) is 0. The van der Waals surface area contributed by atoms with E-state index in [4.69, 9.17) is 11.6 Å². The molecule has 2 atom stereocenters. The molecule has 0 radical (unpaired) electrons. The molecule has 0 aromatic carbocycles. The number of nitrogens with one attached hydrogen (secondary N) is 1. The zero-order valence-corrected chi connectivity index (χ0v) is 9.38. The van der Waals surface area contributed by atoms with E-state index in [1.807, 2.05) is 13.1 Å². The number of hydrogen-bond acceptors (Lipinski definition) is 2. The minimum Gasteiger partial charge on any atom is -0.315 e. The zero-order chi connectivity index (χ0) is 10.4. The first-order valence-corrected chi connectivity index (χ1v) is 5.68. The lowest BCUT2D eigenvalue weighted by atomic mass is 9.74. The maximum atomic E-state index is 5.91. The third kappa shape index (κ3) is 1.40. The number of aromatic nitrogens is 1. The average molecular weight is 221 g/mol. The number of rotatable bonds is 1. The quantitative estimate of drug-likeness (QED) is 0.735. The topological polar surface area (TPSA) is 24.9 Å². The summed E-state index contributed by atoms with van der Waals surface area (Å²) in [5.74, 6) is 1.45. The Morgan fingerprint density at radius 3 is 3.07 bits per heavy atom. The lowest BCUT2D eigenvalue weighted by Gasteiger charge is -2.29. The van der Waals surface area contributed by atoms with Crippen molar-refractivity contribution < 1.29 is 0 Å². The Balaban J connectivity index is 1.94. The summed E-state index contributed by atoms with van der Waals surface area (Å²) in [6.45, 7) is 4.24. The Labute approximate surface area is 94.4 Å². The molecule has 1 fully saturated rings. The number of pyridine rings is 1. The van der Waals surface area contributed by atoms with Crippen molar-refractivity contribution in [3.63, 3.8) is 0 Å². The SMILES string of the molecule is Cc1cc(C2=CC3CNCC23)cnc1Cl. The van der Waals surface area contributed by atoms with Gasteiger partial charge in [-0.1, -0.05) is 17.7 Å². The second-order valence-electron chi connectivity index (χ2n) is 4.38. The van der Waals surface area contributed by atoms with Crippen LogP contribution in [0.2, 0.25) is 5.15 Å². The van der Waals surface area contributed by atoms with Crippen molar-refractivity contribution in [2.75, 3.05) is 13.1 Å². The van der Waals surface area contributed by atoms with E-state index < -0.39 is 0 Å². The predicted molar refractivity (Wildman–Crippen MR) is 61.8 cm³/mol. The Bertz CT molecular complexity index is 439. The molecular formula is C12H13ClN2. The van der Waals surface area contributed by atoms with Crippen LogP contribution in [0.4, 0.5) is 0 Å². The number of nitrogens with zero attached hydrogens (tertiary/aromatic N) is 1. The Hall–Kier alpha value is -0.860. The van der Waals surface area contributed by atoms with Crippen molar-refractivity contribution in [1.29, 1.82) is 0 Å². The van der Waals surface area contributed by atoms with Crippen LogP contribution in [0.25, 0.3) is 5.57 Å². The Kier molecular flexibility index (Phi) is 2.08. The molecule has 0 saturated carbocycles. The largest absolute Gasteiger partial charge is 0.315 e. The van der Waals surface area contributed by atoms with Crippen LogP contribution in [0.5, 0.6) is 0 Å². The molecule has 0 bridgehead atoms. The van der Waals surface area contributed by atoms with E-state index in [0.29, 0.717) is 11.1 Å². The van der Waals surface area contributed by atoms with Gasteiger partial charge in [0.1, 0.15) is 5.15 Å². The number of fused-ring (bicyclic) bond motifs is 1. The van der Waals surface area contributed by atoms with E-state index >= 15 is 0 Å². The molecule has 3 heteroatoms. The summed E-state index contributed by atoms with van der Waals surface area (Å²) < 4.78 is 0. The highest BCUT2D eigenvalue weighted by molar-refractivity contribution is 6.30. The predicted octanol–water partition coefficient (Wildman–Crippen LogP) is 2.28. The fraction of sp³-hybridized carbons (Fsp3) is 0.417. The molecule has 15 heavy (non-hydrogen) atoms. The molecule has 2 unspecified atom stereocenters. The van der Waals surface area contributed by atoms with Crippen molar-refractivity contribution >= 4 is 17.2 Å². The second-order valence-corrected chi connectivity index (χ2v) is 4.74. The summed E-state index contributed by atoms with van der Waals surface area (Å²) in [5, 5.41) is 4.02. The molecule has 1 aliphatic heterocycles. The fourth-order valence-corrected chi connectivity index (χ4v) is 2.58. The molecule has 1 aromatic rings. The van der Waals surface area contributed by atoms with Gasteiger partial charge >= 0.3 is 0 Å². The summed E-state index contributed by atoms with van der Waals surface area (Å²) in [5.41, 5.74) is 3.74. The van der Waals surface area contributed by atoms with E-state index in [0.717, 1.165) is 24.6 Å². The maximum absolute atomic E-state index is 5.91. The van der Waals surface area contributed by atoms with Crippen LogP contribution in [-0.4, -0.2) is 18.1 Å². The lowest BCUT2D eigenvalue weighted by molar-refractivity contribution is 0.564. The van der Waals surface area contributed by atoms with Crippen LogP contribution >= 0.6 is 11.6 Å². The maximum Gasteiger partial charge on any atom is 0.131 e. The third-order valence-electron chi connectivity index (χ3n) is 3.40. The van der Waals surface area contributed by atoms with Gasteiger partial charge in [0.05, 0.1) is 0 Å². The molecule has 0 amide bonds. The molecule has 2 aliphatic rings. The van der Waals surface area contributed by atoms with Gasteiger partial charge in [-0.2, -0.15) is 0 Å². The molecule has 78 valence electrons. The van der Waals surface area contributed by atoms with E-state index in [-0.39, 0.29) is 0 Å². The molecule has 1 aromatic heterocycles. The minimum absolute atomic E-state index is 0.611. The standard InChI is InChI=1S/C12H13ClN2/c1-7-2-8(5-15-12(7)13)10-3-9-4-14-6-11(9)10/h2-3,5,9,11,14H,4,6H2,1H3. The van der Waals surface area contributed by atoms with Gasteiger partial charge in [-0.3, -0.25) is 0 Å². The smallest absolute Gasteiger partial charge is 0.131 e. The first-order valence-electron chi connectivity index (χ1n) is 5.30. The summed E-state index contributed by atoms with van der Waals surface area (Å²) >= 11 is 5.91. The number of hydrogen-bond donors (Lipinski definition) is 1. The van der Waals surface area contributed by atoms with Gasteiger partial charge in [-0.15, -0.1) is 0 Å². The van der Waals surface area contributed by atoms with Crippen LogP contribution in [0.1, 0.15) is 11.1 Å².